The van der Waals surface area contributed by atoms with E-state index in [1.54, 1.807) is 0 Å². The number of aryl methyl sites for hydroxylation is 1. The predicted octanol–water partition coefficient (Wildman–Crippen LogP) is 3.33. The van der Waals surface area contributed by atoms with Crippen LogP contribution in [-0.2, 0) is 6.54 Å². The molecule has 0 fully saturated rings. The van der Waals surface area contributed by atoms with E-state index in [0.29, 0.717) is 5.88 Å². The van der Waals surface area contributed by atoms with E-state index in [9.17, 15) is 0 Å². The molecule has 0 aliphatic heterocycles. The number of nitrogens with zero attached hydrogens (tertiary/aromatic N) is 2. The highest BCUT2D eigenvalue weighted by Crippen LogP contribution is 2.11. The van der Waals surface area contributed by atoms with Crippen molar-refractivity contribution in [3.63, 3.8) is 0 Å². The topological polar surface area (TPSA) is 17.8 Å². The second-order valence-electron chi connectivity index (χ2n) is 3.27. The van der Waals surface area contributed by atoms with Gasteiger partial charge in [-0.1, -0.05) is 19.4 Å². The molecule has 2 nitrogen and oxygen atoms in total. The summed E-state index contributed by atoms with van der Waals surface area (Å²) in [5.41, 5.74) is 2.41. The lowest BCUT2D eigenvalue weighted by molar-refractivity contribution is 0.598. The Labute approximate surface area is 90.6 Å². The van der Waals surface area contributed by atoms with Crippen LogP contribution in [0.15, 0.2) is 17.8 Å². The molecule has 0 saturated carbocycles. The molecule has 1 heterocycles. The summed E-state index contributed by atoms with van der Waals surface area (Å²) in [4.78, 5) is 0. The quantitative estimate of drug-likeness (QED) is 0.685. The molecule has 0 radical (unpaired) electrons. The summed E-state index contributed by atoms with van der Waals surface area (Å²) < 4.78 is 2.02. The second kappa shape index (κ2) is 5.86. The van der Waals surface area contributed by atoms with Crippen LogP contribution in [0.25, 0.3) is 6.08 Å². The number of allylic oxidation sites excluding steroid dienone is 1. The zero-order chi connectivity index (χ0) is 10.4. The second-order valence-corrected chi connectivity index (χ2v) is 3.54. The van der Waals surface area contributed by atoms with Gasteiger partial charge in [0, 0.05) is 18.6 Å². The van der Waals surface area contributed by atoms with Gasteiger partial charge in [0.15, 0.2) is 0 Å². The molecule has 0 aliphatic carbocycles. The van der Waals surface area contributed by atoms with Gasteiger partial charge in [0.2, 0.25) is 0 Å². The van der Waals surface area contributed by atoms with Crippen molar-refractivity contribution in [1.29, 1.82) is 0 Å². The number of rotatable bonds is 5. The van der Waals surface area contributed by atoms with Gasteiger partial charge in [-0.3, -0.25) is 4.68 Å². The first kappa shape index (κ1) is 11.3. The fourth-order valence-electron chi connectivity index (χ4n) is 1.31. The lowest BCUT2D eigenvalue weighted by atomic mass is 10.2. The largest absolute Gasteiger partial charge is 0.266 e. The highest BCUT2D eigenvalue weighted by Gasteiger charge is 1.99. The number of hydrogen-bond donors (Lipinski definition) is 0. The van der Waals surface area contributed by atoms with Gasteiger partial charge in [0.1, 0.15) is 0 Å². The summed E-state index contributed by atoms with van der Waals surface area (Å²) in [6, 6.07) is 2.03. The minimum atomic E-state index is 0.605. The van der Waals surface area contributed by atoms with Crippen molar-refractivity contribution < 1.29 is 0 Å². The first-order valence-electron chi connectivity index (χ1n) is 5.09. The maximum atomic E-state index is 5.82. The van der Waals surface area contributed by atoms with Crippen LogP contribution >= 0.6 is 11.6 Å². The molecule has 0 unspecified atom stereocenters. The van der Waals surface area contributed by atoms with E-state index < -0.39 is 0 Å². The molecule has 78 valence electrons. The van der Waals surface area contributed by atoms with E-state index in [2.05, 4.69) is 25.0 Å². The Kier molecular flexibility index (Phi) is 4.74. The molecule has 1 aromatic heterocycles. The number of aromatic nitrogens is 2. The Bertz CT molecular complexity index is 296. The third-order valence-corrected chi connectivity index (χ3v) is 2.51. The lowest BCUT2D eigenvalue weighted by Crippen LogP contribution is -2.01. The first-order chi connectivity index (χ1) is 6.81. The molecule has 0 aliphatic rings. The standard InChI is InChI=1S/C11H17ClN2/c1-3-7-14-11(5-6-13-14)8-10(4-2)9-12/h5-6,8H,3-4,7,9H2,1-2H3/b10-8-. The summed E-state index contributed by atoms with van der Waals surface area (Å²) in [5.74, 6) is 0.605. The molecule has 0 atom stereocenters. The average Bonchev–Trinajstić information content (AvgIpc) is 2.62. The van der Waals surface area contributed by atoms with Crippen LogP contribution < -0.4 is 0 Å². The minimum Gasteiger partial charge on any atom is -0.266 e. The molecule has 14 heavy (non-hydrogen) atoms. The van der Waals surface area contributed by atoms with Crippen molar-refractivity contribution in [2.24, 2.45) is 0 Å². The molecular weight excluding hydrogens is 196 g/mol. The highest BCUT2D eigenvalue weighted by molar-refractivity contribution is 6.19. The van der Waals surface area contributed by atoms with E-state index in [-0.39, 0.29) is 0 Å². The van der Waals surface area contributed by atoms with Gasteiger partial charge in [-0.2, -0.15) is 5.10 Å². The Morgan fingerprint density at radius 2 is 2.36 bits per heavy atom. The smallest absolute Gasteiger partial charge is 0.0609 e. The van der Waals surface area contributed by atoms with E-state index in [0.717, 1.165) is 25.1 Å². The molecule has 0 N–H and O–H groups in total. The SMILES string of the molecule is CCCn1nccc1/C=C(/CC)CCl. The van der Waals surface area contributed by atoms with Crippen LogP contribution in [0.4, 0.5) is 0 Å². The van der Waals surface area contributed by atoms with Crippen LogP contribution in [0.5, 0.6) is 0 Å². The van der Waals surface area contributed by atoms with Crippen LogP contribution in [0.3, 0.4) is 0 Å². The Morgan fingerprint density at radius 3 is 2.93 bits per heavy atom. The van der Waals surface area contributed by atoms with Crippen molar-refractivity contribution in [2.75, 3.05) is 5.88 Å². The fraction of sp³-hybridized carbons (Fsp3) is 0.545. The molecule has 0 saturated heterocycles. The van der Waals surface area contributed by atoms with Crippen LogP contribution in [0, 0.1) is 0 Å². The van der Waals surface area contributed by atoms with Crippen LogP contribution in [-0.4, -0.2) is 15.7 Å². The molecule has 0 aromatic carbocycles. The fourth-order valence-corrected chi connectivity index (χ4v) is 1.57. The van der Waals surface area contributed by atoms with Gasteiger partial charge < -0.3 is 0 Å². The summed E-state index contributed by atoms with van der Waals surface area (Å²) >= 11 is 5.82. The van der Waals surface area contributed by atoms with Gasteiger partial charge in [-0.25, -0.2) is 0 Å². The normalized spacial score (nSPS) is 12.1. The van der Waals surface area contributed by atoms with E-state index in [1.165, 1.54) is 5.57 Å². The molecule has 0 spiro atoms. The lowest BCUT2D eigenvalue weighted by Gasteiger charge is -2.03. The summed E-state index contributed by atoms with van der Waals surface area (Å²) in [7, 11) is 0. The van der Waals surface area contributed by atoms with Crippen LogP contribution in [0.1, 0.15) is 32.4 Å². The maximum Gasteiger partial charge on any atom is 0.0609 e. The van der Waals surface area contributed by atoms with Gasteiger partial charge in [0.05, 0.1) is 5.69 Å². The average molecular weight is 213 g/mol. The molecule has 1 aromatic rings. The number of hydrogen-bond acceptors (Lipinski definition) is 1. The Balaban J connectivity index is 2.83. The Hall–Kier alpha value is -0.760. The Morgan fingerprint density at radius 1 is 1.57 bits per heavy atom. The summed E-state index contributed by atoms with van der Waals surface area (Å²) in [5, 5.41) is 4.26. The van der Waals surface area contributed by atoms with Crippen LogP contribution in [0.2, 0.25) is 0 Å². The third kappa shape index (κ3) is 2.88. The highest BCUT2D eigenvalue weighted by atomic mass is 35.5. The summed E-state index contributed by atoms with van der Waals surface area (Å²) in [6.07, 6.45) is 6.07. The van der Waals surface area contributed by atoms with Crippen molar-refractivity contribution in [1.82, 2.24) is 9.78 Å². The van der Waals surface area contributed by atoms with E-state index in [4.69, 9.17) is 11.6 Å². The van der Waals surface area contributed by atoms with Crippen molar-refractivity contribution >= 4 is 17.7 Å². The predicted molar refractivity (Wildman–Crippen MR) is 61.5 cm³/mol. The third-order valence-electron chi connectivity index (χ3n) is 2.16. The molecule has 0 bridgehead atoms. The zero-order valence-electron chi connectivity index (χ0n) is 8.83. The minimum absolute atomic E-state index is 0.605. The monoisotopic (exact) mass is 212 g/mol. The van der Waals surface area contributed by atoms with Gasteiger partial charge >= 0.3 is 0 Å². The van der Waals surface area contributed by atoms with Crippen molar-refractivity contribution in [3.8, 4) is 0 Å². The van der Waals surface area contributed by atoms with Gasteiger partial charge in [0.25, 0.3) is 0 Å². The molecule has 1 rings (SSSR count). The number of halogens is 1. The molecular formula is C11H17ClN2. The maximum absolute atomic E-state index is 5.82. The molecule has 0 amide bonds. The first-order valence-corrected chi connectivity index (χ1v) is 5.62. The van der Waals surface area contributed by atoms with E-state index in [1.807, 2.05) is 16.9 Å². The zero-order valence-corrected chi connectivity index (χ0v) is 9.59. The van der Waals surface area contributed by atoms with Crippen molar-refractivity contribution in [3.05, 3.63) is 23.5 Å². The molecule has 3 heteroatoms. The van der Waals surface area contributed by atoms with Gasteiger partial charge in [-0.15, -0.1) is 11.6 Å². The number of alkyl halides is 1. The summed E-state index contributed by atoms with van der Waals surface area (Å²) in [6.45, 7) is 5.24. The van der Waals surface area contributed by atoms with Gasteiger partial charge in [-0.05, 0) is 25.0 Å². The van der Waals surface area contributed by atoms with Crippen molar-refractivity contribution in [2.45, 2.75) is 33.2 Å². The van der Waals surface area contributed by atoms with E-state index >= 15 is 0 Å².